The van der Waals surface area contributed by atoms with Crippen LogP contribution in [0.2, 0.25) is 0 Å². The van der Waals surface area contributed by atoms with Crippen LogP contribution in [-0.2, 0) is 19.7 Å². The molecule has 1 aromatic carbocycles. The standard InChI is InChI=1S/C15H22N2O4S/c1-13-11-17(22(18,19)16-7-9-20-10-8-16)12-15(21-13)14-5-3-2-4-6-14/h2-6,13,15H,7-12H2,1H3/t13-,15+/m1/s1. The number of morpholine rings is 2. The summed E-state index contributed by atoms with van der Waals surface area (Å²) in [6, 6.07) is 9.78. The van der Waals surface area contributed by atoms with Crippen molar-refractivity contribution < 1.29 is 17.9 Å². The Morgan fingerprint density at radius 3 is 2.41 bits per heavy atom. The Hall–Kier alpha value is -0.990. The molecule has 2 aliphatic heterocycles. The average molecular weight is 326 g/mol. The number of hydrogen-bond acceptors (Lipinski definition) is 4. The van der Waals surface area contributed by atoms with Gasteiger partial charge in [-0.2, -0.15) is 17.0 Å². The van der Waals surface area contributed by atoms with Gasteiger partial charge in [-0.25, -0.2) is 0 Å². The number of nitrogens with zero attached hydrogens (tertiary/aromatic N) is 2. The molecule has 0 aromatic heterocycles. The van der Waals surface area contributed by atoms with Crippen molar-refractivity contribution in [3.63, 3.8) is 0 Å². The molecule has 3 rings (SSSR count). The van der Waals surface area contributed by atoms with E-state index in [4.69, 9.17) is 9.47 Å². The summed E-state index contributed by atoms with van der Waals surface area (Å²) in [4.78, 5) is 0. The number of benzene rings is 1. The number of ether oxygens (including phenoxy) is 2. The van der Waals surface area contributed by atoms with E-state index in [2.05, 4.69) is 0 Å². The predicted octanol–water partition coefficient (Wildman–Crippen LogP) is 1.03. The third kappa shape index (κ3) is 3.33. The summed E-state index contributed by atoms with van der Waals surface area (Å²) in [7, 11) is -3.45. The summed E-state index contributed by atoms with van der Waals surface area (Å²) in [6.45, 7) is 4.42. The van der Waals surface area contributed by atoms with Crippen LogP contribution in [0.25, 0.3) is 0 Å². The smallest absolute Gasteiger partial charge is 0.282 e. The van der Waals surface area contributed by atoms with Crippen molar-refractivity contribution in [2.24, 2.45) is 0 Å². The Morgan fingerprint density at radius 2 is 1.73 bits per heavy atom. The van der Waals surface area contributed by atoms with Crippen LogP contribution in [0.5, 0.6) is 0 Å². The molecule has 0 amide bonds. The quantitative estimate of drug-likeness (QED) is 0.832. The first-order chi connectivity index (χ1) is 10.6. The van der Waals surface area contributed by atoms with Gasteiger partial charge in [0.2, 0.25) is 0 Å². The van der Waals surface area contributed by atoms with Gasteiger partial charge in [0.05, 0.1) is 25.4 Å². The van der Waals surface area contributed by atoms with Crippen LogP contribution in [0.4, 0.5) is 0 Å². The first kappa shape index (κ1) is 15.9. The van der Waals surface area contributed by atoms with E-state index in [1.807, 2.05) is 37.3 Å². The highest BCUT2D eigenvalue weighted by Gasteiger charge is 2.37. The Bertz CT molecular complexity index is 587. The second kappa shape index (κ2) is 6.64. The number of hydrogen-bond donors (Lipinski definition) is 0. The van der Waals surface area contributed by atoms with Gasteiger partial charge in [0.25, 0.3) is 10.2 Å². The Kier molecular flexibility index (Phi) is 4.79. The molecule has 0 radical (unpaired) electrons. The normalized spacial score (nSPS) is 28.6. The van der Waals surface area contributed by atoms with Gasteiger partial charge in [0.15, 0.2) is 0 Å². The summed E-state index contributed by atoms with van der Waals surface area (Å²) in [5.74, 6) is 0. The predicted molar refractivity (Wildman–Crippen MR) is 82.6 cm³/mol. The second-order valence-electron chi connectivity index (χ2n) is 5.68. The van der Waals surface area contributed by atoms with Crippen LogP contribution in [0.1, 0.15) is 18.6 Å². The maximum Gasteiger partial charge on any atom is 0.282 e. The zero-order chi connectivity index (χ0) is 15.6. The topological polar surface area (TPSA) is 59.1 Å². The van der Waals surface area contributed by atoms with E-state index in [1.54, 1.807) is 4.31 Å². The minimum Gasteiger partial charge on any atom is -0.379 e. The Morgan fingerprint density at radius 1 is 1.05 bits per heavy atom. The molecule has 0 spiro atoms. The maximum atomic E-state index is 12.8. The zero-order valence-corrected chi connectivity index (χ0v) is 13.5. The van der Waals surface area contributed by atoms with Crippen LogP contribution >= 0.6 is 0 Å². The fourth-order valence-electron chi connectivity index (χ4n) is 2.89. The monoisotopic (exact) mass is 326 g/mol. The van der Waals surface area contributed by atoms with Crippen molar-refractivity contribution in [2.45, 2.75) is 19.1 Å². The SMILES string of the molecule is C[C@@H]1CN(S(=O)(=O)N2CCOCC2)C[C@@H](c2ccccc2)O1. The highest BCUT2D eigenvalue weighted by Crippen LogP contribution is 2.27. The third-order valence-corrected chi connectivity index (χ3v) is 5.99. The summed E-state index contributed by atoms with van der Waals surface area (Å²) < 4.78 is 39.8. The van der Waals surface area contributed by atoms with Gasteiger partial charge in [-0.3, -0.25) is 0 Å². The van der Waals surface area contributed by atoms with Gasteiger partial charge in [-0.15, -0.1) is 0 Å². The minimum absolute atomic E-state index is 0.130. The minimum atomic E-state index is -3.45. The maximum absolute atomic E-state index is 12.8. The van der Waals surface area contributed by atoms with Crippen LogP contribution in [0.3, 0.4) is 0 Å². The number of rotatable bonds is 3. The van der Waals surface area contributed by atoms with Gasteiger partial charge in [-0.1, -0.05) is 30.3 Å². The largest absolute Gasteiger partial charge is 0.379 e. The Labute approximate surface area is 131 Å². The van der Waals surface area contributed by atoms with Crippen LogP contribution in [0.15, 0.2) is 30.3 Å². The summed E-state index contributed by atoms with van der Waals surface area (Å²) in [5.41, 5.74) is 1.01. The molecular weight excluding hydrogens is 304 g/mol. The molecule has 0 saturated carbocycles. The molecule has 0 bridgehead atoms. The molecule has 7 heteroatoms. The van der Waals surface area contributed by atoms with E-state index in [9.17, 15) is 8.42 Å². The van der Waals surface area contributed by atoms with Crippen molar-refractivity contribution in [3.8, 4) is 0 Å². The average Bonchev–Trinajstić information content (AvgIpc) is 2.56. The van der Waals surface area contributed by atoms with Crippen molar-refractivity contribution in [2.75, 3.05) is 39.4 Å². The van der Waals surface area contributed by atoms with Crippen molar-refractivity contribution in [3.05, 3.63) is 35.9 Å². The molecule has 2 heterocycles. The summed E-state index contributed by atoms with van der Waals surface area (Å²) in [6.07, 6.45) is -0.351. The lowest BCUT2D eigenvalue weighted by Crippen LogP contribution is -2.53. The molecule has 2 fully saturated rings. The summed E-state index contributed by atoms with van der Waals surface area (Å²) >= 11 is 0. The molecule has 2 saturated heterocycles. The van der Waals surface area contributed by atoms with Gasteiger partial charge in [-0.05, 0) is 12.5 Å². The lowest BCUT2D eigenvalue weighted by Gasteiger charge is -2.39. The van der Waals surface area contributed by atoms with Crippen LogP contribution in [-0.4, -0.2) is 62.5 Å². The lowest BCUT2D eigenvalue weighted by atomic mass is 10.1. The molecule has 2 atom stereocenters. The van der Waals surface area contributed by atoms with E-state index >= 15 is 0 Å². The molecule has 2 aliphatic rings. The molecule has 6 nitrogen and oxygen atoms in total. The molecule has 1 aromatic rings. The van der Waals surface area contributed by atoms with E-state index in [-0.39, 0.29) is 12.2 Å². The summed E-state index contributed by atoms with van der Waals surface area (Å²) in [5, 5.41) is 0. The molecule has 0 aliphatic carbocycles. The van der Waals surface area contributed by atoms with E-state index < -0.39 is 10.2 Å². The van der Waals surface area contributed by atoms with E-state index in [1.165, 1.54) is 4.31 Å². The highest BCUT2D eigenvalue weighted by molar-refractivity contribution is 7.86. The van der Waals surface area contributed by atoms with Crippen LogP contribution in [0, 0.1) is 0 Å². The van der Waals surface area contributed by atoms with Crippen molar-refractivity contribution in [1.29, 1.82) is 0 Å². The highest BCUT2D eigenvalue weighted by atomic mass is 32.2. The van der Waals surface area contributed by atoms with E-state index in [0.717, 1.165) is 5.56 Å². The zero-order valence-electron chi connectivity index (χ0n) is 12.7. The van der Waals surface area contributed by atoms with Gasteiger partial charge < -0.3 is 9.47 Å². The van der Waals surface area contributed by atoms with E-state index in [0.29, 0.717) is 39.4 Å². The van der Waals surface area contributed by atoms with Crippen molar-refractivity contribution in [1.82, 2.24) is 8.61 Å². The second-order valence-corrected chi connectivity index (χ2v) is 7.61. The first-order valence-electron chi connectivity index (χ1n) is 7.61. The molecule has 0 unspecified atom stereocenters. The van der Waals surface area contributed by atoms with Crippen LogP contribution < -0.4 is 0 Å². The fourth-order valence-corrected chi connectivity index (χ4v) is 4.55. The van der Waals surface area contributed by atoms with Gasteiger partial charge >= 0.3 is 0 Å². The van der Waals surface area contributed by atoms with Gasteiger partial charge in [0.1, 0.15) is 0 Å². The fraction of sp³-hybridized carbons (Fsp3) is 0.600. The lowest BCUT2D eigenvalue weighted by molar-refractivity contribution is -0.0577. The molecule has 0 N–H and O–H groups in total. The molecule has 22 heavy (non-hydrogen) atoms. The Balaban J connectivity index is 1.78. The third-order valence-electron chi connectivity index (χ3n) is 4.02. The van der Waals surface area contributed by atoms with Crippen molar-refractivity contribution >= 4 is 10.2 Å². The molecule has 122 valence electrons. The molecular formula is C15H22N2O4S. The first-order valence-corrected chi connectivity index (χ1v) is 9.00. The van der Waals surface area contributed by atoms with Gasteiger partial charge in [0, 0.05) is 26.2 Å².